The summed E-state index contributed by atoms with van der Waals surface area (Å²) in [6, 6.07) is 3.70. The van der Waals surface area contributed by atoms with Crippen LogP contribution >= 0.6 is 15.9 Å². The minimum absolute atomic E-state index is 0.124. The van der Waals surface area contributed by atoms with E-state index in [0.29, 0.717) is 11.2 Å². The van der Waals surface area contributed by atoms with Crippen molar-refractivity contribution in [1.82, 2.24) is 9.97 Å². The molecule has 3 rings (SSSR count). The summed E-state index contributed by atoms with van der Waals surface area (Å²) < 4.78 is 0.915. The summed E-state index contributed by atoms with van der Waals surface area (Å²) in [5.74, 6) is -0.0101. The molecular formula is C11H6BrN3O. The molecule has 16 heavy (non-hydrogen) atoms. The number of rotatable bonds is 0. The number of carbonyl (C=O) groups is 1. The minimum atomic E-state index is -0.135. The van der Waals surface area contributed by atoms with Crippen LogP contribution in [-0.2, 0) is 0 Å². The number of aromatic nitrogens is 2. The summed E-state index contributed by atoms with van der Waals surface area (Å²) in [6.07, 6.45) is 3.26. The molecule has 0 spiro atoms. The van der Waals surface area contributed by atoms with Crippen molar-refractivity contribution in [3.63, 3.8) is 0 Å². The molecule has 0 saturated heterocycles. The Bertz CT molecular complexity index is 664. The molecule has 1 aliphatic rings. The topological polar surface area (TPSA) is 68.9 Å². The van der Waals surface area contributed by atoms with E-state index in [2.05, 4.69) is 25.9 Å². The lowest BCUT2D eigenvalue weighted by Crippen LogP contribution is -2.09. The molecule has 0 saturated carbocycles. The van der Waals surface area contributed by atoms with Gasteiger partial charge in [0.25, 0.3) is 0 Å². The Balaban J connectivity index is 2.58. The van der Waals surface area contributed by atoms with Crippen LogP contribution in [0.3, 0.4) is 0 Å². The number of anilines is 1. The fourth-order valence-corrected chi connectivity index (χ4v) is 2.29. The van der Waals surface area contributed by atoms with Crippen LogP contribution < -0.4 is 5.73 Å². The smallest absolute Gasteiger partial charge is 0.221 e. The third kappa shape index (κ3) is 1.18. The van der Waals surface area contributed by atoms with Gasteiger partial charge in [0, 0.05) is 15.4 Å². The number of halogens is 1. The van der Waals surface area contributed by atoms with E-state index in [-0.39, 0.29) is 11.7 Å². The van der Waals surface area contributed by atoms with Gasteiger partial charge in [0.15, 0.2) is 0 Å². The van der Waals surface area contributed by atoms with E-state index < -0.39 is 0 Å². The standard InChI is InChI=1S/C11H6BrN3O/c12-6-2-3-7-9-5(6)1-4-8(16)10(9)15-11(13)14-7/h1-4H,(H2,13,14,15). The monoisotopic (exact) mass is 275 g/mol. The van der Waals surface area contributed by atoms with Crippen molar-refractivity contribution in [3.8, 4) is 0 Å². The summed E-state index contributed by atoms with van der Waals surface area (Å²) in [7, 11) is 0. The van der Waals surface area contributed by atoms with Gasteiger partial charge in [0.1, 0.15) is 5.69 Å². The van der Waals surface area contributed by atoms with Gasteiger partial charge in [-0.2, -0.15) is 0 Å². The summed E-state index contributed by atoms with van der Waals surface area (Å²) >= 11 is 3.43. The van der Waals surface area contributed by atoms with E-state index in [1.54, 1.807) is 6.08 Å². The fraction of sp³-hybridized carbons (Fsp3) is 0. The zero-order valence-corrected chi connectivity index (χ0v) is 9.65. The van der Waals surface area contributed by atoms with Crippen molar-refractivity contribution in [3.05, 3.63) is 33.9 Å². The van der Waals surface area contributed by atoms with Crippen molar-refractivity contribution in [2.45, 2.75) is 0 Å². The van der Waals surface area contributed by atoms with Gasteiger partial charge in [-0.1, -0.05) is 15.9 Å². The van der Waals surface area contributed by atoms with Crippen molar-refractivity contribution in [2.75, 3.05) is 5.73 Å². The van der Waals surface area contributed by atoms with Crippen LogP contribution in [0.25, 0.3) is 17.0 Å². The number of hydrogen-bond acceptors (Lipinski definition) is 4. The first kappa shape index (κ1) is 9.47. The first-order valence-electron chi connectivity index (χ1n) is 4.65. The van der Waals surface area contributed by atoms with Crippen LogP contribution in [0.1, 0.15) is 16.1 Å². The van der Waals surface area contributed by atoms with Gasteiger partial charge in [-0.25, -0.2) is 9.97 Å². The molecule has 5 heteroatoms. The molecule has 1 aliphatic carbocycles. The highest BCUT2D eigenvalue weighted by atomic mass is 79.9. The maximum atomic E-state index is 11.7. The SMILES string of the molecule is Nc1nc2c3c(c(Br)ccc3n1)C=CC2=O. The second kappa shape index (κ2) is 3.12. The van der Waals surface area contributed by atoms with Crippen molar-refractivity contribution < 1.29 is 4.79 Å². The van der Waals surface area contributed by atoms with Crippen molar-refractivity contribution in [1.29, 1.82) is 0 Å². The molecular weight excluding hydrogens is 270 g/mol. The number of nitrogens with two attached hydrogens (primary N) is 1. The predicted octanol–water partition coefficient (Wildman–Crippen LogP) is 2.18. The lowest BCUT2D eigenvalue weighted by atomic mass is 9.99. The summed E-state index contributed by atoms with van der Waals surface area (Å²) in [4.78, 5) is 19.8. The first-order chi connectivity index (χ1) is 7.66. The third-order valence-electron chi connectivity index (χ3n) is 2.50. The third-order valence-corrected chi connectivity index (χ3v) is 3.19. The van der Waals surface area contributed by atoms with Gasteiger partial charge in [0.2, 0.25) is 11.7 Å². The van der Waals surface area contributed by atoms with E-state index in [0.717, 1.165) is 15.4 Å². The number of allylic oxidation sites excluding steroid dienone is 1. The highest BCUT2D eigenvalue weighted by Crippen LogP contribution is 2.32. The van der Waals surface area contributed by atoms with E-state index >= 15 is 0 Å². The molecule has 0 fully saturated rings. The van der Waals surface area contributed by atoms with Crippen LogP contribution in [0.15, 0.2) is 22.7 Å². The van der Waals surface area contributed by atoms with Gasteiger partial charge in [0.05, 0.1) is 5.52 Å². The molecule has 1 heterocycles. The Morgan fingerprint density at radius 3 is 2.81 bits per heavy atom. The van der Waals surface area contributed by atoms with Crippen LogP contribution in [0, 0.1) is 0 Å². The lowest BCUT2D eigenvalue weighted by molar-refractivity contribution is 0.104. The Kier molecular flexibility index (Phi) is 1.85. The summed E-state index contributed by atoms with van der Waals surface area (Å²) in [6.45, 7) is 0. The molecule has 2 aromatic rings. The number of ketones is 1. The van der Waals surface area contributed by atoms with E-state index in [1.165, 1.54) is 6.08 Å². The quantitative estimate of drug-likeness (QED) is 0.800. The van der Waals surface area contributed by atoms with Gasteiger partial charge >= 0.3 is 0 Å². The first-order valence-corrected chi connectivity index (χ1v) is 5.44. The van der Waals surface area contributed by atoms with Gasteiger partial charge < -0.3 is 5.73 Å². The molecule has 1 aromatic carbocycles. The van der Waals surface area contributed by atoms with Gasteiger partial charge in [-0.15, -0.1) is 0 Å². The minimum Gasteiger partial charge on any atom is -0.368 e. The Morgan fingerprint density at radius 2 is 2.00 bits per heavy atom. The molecule has 0 radical (unpaired) electrons. The second-order valence-electron chi connectivity index (χ2n) is 3.48. The zero-order valence-electron chi connectivity index (χ0n) is 8.07. The number of carbonyl (C=O) groups excluding carboxylic acids is 1. The average molecular weight is 276 g/mol. The van der Waals surface area contributed by atoms with E-state index in [9.17, 15) is 4.79 Å². The molecule has 1 aromatic heterocycles. The normalized spacial score (nSPS) is 13.4. The van der Waals surface area contributed by atoms with Crippen LogP contribution in [0.2, 0.25) is 0 Å². The fourth-order valence-electron chi connectivity index (χ4n) is 1.82. The van der Waals surface area contributed by atoms with Crippen molar-refractivity contribution >= 4 is 44.6 Å². The molecule has 4 nitrogen and oxygen atoms in total. The van der Waals surface area contributed by atoms with Crippen LogP contribution in [0.4, 0.5) is 5.95 Å². The van der Waals surface area contributed by atoms with Crippen LogP contribution in [0.5, 0.6) is 0 Å². The number of nitrogens with zero attached hydrogens (tertiary/aromatic N) is 2. The Hall–Kier alpha value is -1.75. The van der Waals surface area contributed by atoms with Gasteiger partial charge in [-0.05, 0) is 24.3 Å². The van der Waals surface area contributed by atoms with Gasteiger partial charge in [-0.3, -0.25) is 4.79 Å². The molecule has 0 atom stereocenters. The number of hydrogen-bond donors (Lipinski definition) is 1. The molecule has 78 valence electrons. The molecule has 2 N–H and O–H groups in total. The highest BCUT2D eigenvalue weighted by Gasteiger charge is 2.19. The number of benzene rings is 1. The lowest BCUT2D eigenvalue weighted by Gasteiger charge is -2.12. The summed E-state index contributed by atoms with van der Waals surface area (Å²) in [5.41, 5.74) is 7.56. The predicted molar refractivity (Wildman–Crippen MR) is 65.0 cm³/mol. The largest absolute Gasteiger partial charge is 0.368 e. The molecule has 0 amide bonds. The molecule has 0 unspecified atom stereocenters. The second-order valence-corrected chi connectivity index (χ2v) is 4.34. The zero-order chi connectivity index (χ0) is 11.3. The van der Waals surface area contributed by atoms with E-state index in [4.69, 9.17) is 5.73 Å². The van der Waals surface area contributed by atoms with Crippen LogP contribution in [-0.4, -0.2) is 15.8 Å². The van der Waals surface area contributed by atoms with Crippen molar-refractivity contribution in [2.24, 2.45) is 0 Å². The maximum absolute atomic E-state index is 11.7. The van der Waals surface area contributed by atoms with E-state index in [1.807, 2.05) is 12.1 Å². The number of nitrogen functional groups attached to an aromatic ring is 1. The Morgan fingerprint density at radius 1 is 1.19 bits per heavy atom. The average Bonchev–Trinajstić information content (AvgIpc) is 2.26. The maximum Gasteiger partial charge on any atom is 0.221 e. The molecule has 0 aliphatic heterocycles. The highest BCUT2D eigenvalue weighted by molar-refractivity contribution is 9.10. The molecule has 0 bridgehead atoms. The Labute approximate surface area is 99.3 Å². The summed E-state index contributed by atoms with van der Waals surface area (Å²) in [5, 5.41) is 0.760.